The van der Waals surface area contributed by atoms with Crippen LogP contribution in [-0.4, -0.2) is 24.0 Å². The summed E-state index contributed by atoms with van der Waals surface area (Å²) < 4.78 is 0. The Kier molecular flexibility index (Phi) is 4.63. The molecule has 0 saturated carbocycles. The first-order valence-electron chi connectivity index (χ1n) is 5.86. The first kappa shape index (κ1) is 13.6. The fourth-order valence-electron chi connectivity index (χ4n) is 1.62. The van der Waals surface area contributed by atoms with Crippen LogP contribution >= 0.6 is 0 Å². The number of carbonyl (C=O) groups is 1. The number of carbonyl (C=O) groups excluding carboxylic acids is 1. The van der Waals surface area contributed by atoms with Gasteiger partial charge in [0.1, 0.15) is 0 Å². The van der Waals surface area contributed by atoms with Crippen molar-refractivity contribution in [3.05, 3.63) is 29.6 Å². The average molecular weight is 235 g/mol. The number of pyridine rings is 1. The van der Waals surface area contributed by atoms with Gasteiger partial charge in [0.15, 0.2) is 0 Å². The highest BCUT2D eigenvalue weighted by Crippen LogP contribution is 2.17. The van der Waals surface area contributed by atoms with E-state index in [4.69, 9.17) is 5.73 Å². The molecule has 0 bridgehead atoms. The zero-order chi connectivity index (χ0) is 12.9. The van der Waals surface area contributed by atoms with Gasteiger partial charge in [-0.1, -0.05) is 13.8 Å². The number of aryl methyl sites for hydroxylation is 1. The van der Waals surface area contributed by atoms with E-state index in [1.54, 1.807) is 18.3 Å². The Morgan fingerprint density at radius 3 is 2.82 bits per heavy atom. The second kappa shape index (κ2) is 5.77. The number of nitrogens with zero attached hydrogens (tertiary/aromatic N) is 1. The fraction of sp³-hybridized carbons (Fsp3) is 0.538. The minimum absolute atomic E-state index is 0.0283. The van der Waals surface area contributed by atoms with Gasteiger partial charge in [0.25, 0.3) is 5.91 Å². The van der Waals surface area contributed by atoms with Crippen molar-refractivity contribution in [2.24, 2.45) is 11.1 Å². The Morgan fingerprint density at radius 2 is 2.24 bits per heavy atom. The van der Waals surface area contributed by atoms with Gasteiger partial charge in [-0.15, -0.1) is 0 Å². The third-order valence-corrected chi connectivity index (χ3v) is 2.80. The van der Waals surface area contributed by atoms with Crippen molar-refractivity contribution >= 4 is 5.91 Å². The van der Waals surface area contributed by atoms with Crippen molar-refractivity contribution in [1.29, 1.82) is 0 Å². The standard InChI is InChI=1S/C13H21N3O/c1-10-11(5-4-8-15-10)12(17)16-9-13(2,3)6-7-14/h4-5,8H,6-7,9,14H2,1-3H3,(H,16,17). The summed E-state index contributed by atoms with van der Waals surface area (Å²) in [5.41, 5.74) is 6.95. The molecule has 4 nitrogen and oxygen atoms in total. The zero-order valence-electron chi connectivity index (χ0n) is 10.8. The molecule has 17 heavy (non-hydrogen) atoms. The van der Waals surface area contributed by atoms with Gasteiger partial charge in [0.2, 0.25) is 0 Å². The molecule has 3 N–H and O–H groups in total. The van der Waals surface area contributed by atoms with Crippen LogP contribution in [0.4, 0.5) is 0 Å². The lowest BCUT2D eigenvalue weighted by molar-refractivity contribution is 0.0934. The summed E-state index contributed by atoms with van der Waals surface area (Å²) in [6.45, 7) is 7.28. The van der Waals surface area contributed by atoms with Crippen LogP contribution in [0.5, 0.6) is 0 Å². The van der Waals surface area contributed by atoms with E-state index in [-0.39, 0.29) is 11.3 Å². The van der Waals surface area contributed by atoms with Crippen LogP contribution in [-0.2, 0) is 0 Å². The summed E-state index contributed by atoms with van der Waals surface area (Å²) in [6.07, 6.45) is 2.57. The highest BCUT2D eigenvalue weighted by molar-refractivity contribution is 5.95. The SMILES string of the molecule is Cc1ncccc1C(=O)NCC(C)(C)CCN. The minimum atomic E-state index is -0.0688. The van der Waals surface area contributed by atoms with Gasteiger partial charge in [-0.25, -0.2) is 0 Å². The van der Waals surface area contributed by atoms with E-state index in [9.17, 15) is 4.79 Å². The molecule has 0 atom stereocenters. The molecule has 0 aromatic carbocycles. The average Bonchev–Trinajstić information content (AvgIpc) is 2.27. The van der Waals surface area contributed by atoms with Gasteiger partial charge in [-0.2, -0.15) is 0 Å². The maximum atomic E-state index is 11.9. The molecule has 94 valence electrons. The van der Waals surface area contributed by atoms with E-state index >= 15 is 0 Å². The van der Waals surface area contributed by atoms with E-state index in [0.717, 1.165) is 12.1 Å². The number of rotatable bonds is 5. The van der Waals surface area contributed by atoms with Crippen LogP contribution in [0, 0.1) is 12.3 Å². The van der Waals surface area contributed by atoms with E-state index < -0.39 is 0 Å². The summed E-state index contributed by atoms with van der Waals surface area (Å²) in [7, 11) is 0. The molecule has 0 radical (unpaired) electrons. The molecular weight excluding hydrogens is 214 g/mol. The molecule has 0 aliphatic heterocycles. The van der Waals surface area contributed by atoms with Crippen molar-refractivity contribution < 1.29 is 4.79 Å². The summed E-state index contributed by atoms with van der Waals surface area (Å²) >= 11 is 0. The predicted molar refractivity (Wildman–Crippen MR) is 68.8 cm³/mol. The van der Waals surface area contributed by atoms with Gasteiger partial charge in [0, 0.05) is 18.4 Å². The van der Waals surface area contributed by atoms with Crippen LogP contribution in [0.25, 0.3) is 0 Å². The summed E-state index contributed by atoms with van der Waals surface area (Å²) in [5, 5.41) is 2.93. The summed E-state index contributed by atoms with van der Waals surface area (Å²) in [4.78, 5) is 16.0. The molecule has 1 rings (SSSR count). The Morgan fingerprint density at radius 1 is 1.53 bits per heavy atom. The molecule has 0 aliphatic rings. The van der Waals surface area contributed by atoms with Gasteiger partial charge in [-0.05, 0) is 37.4 Å². The Hall–Kier alpha value is -1.42. The van der Waals surface area contributed by atoms with Gasteiger partial charge >= 0.3 is 0 Å². The molecule has 0 saturated heterocycles. The molecular formula is C13H21N3O. The molecule has 0 spiro atoms. The Bertz CT molecular complexity index is 388. The lowest BCUT2D eigenvalue weighted by Crippen LogP contribution is -2.35. The number of amides is 1. The monoisotopic (exact) mass is 235 g/mol. The Labute approximate surface area is 103 Å². The van der Waals surface area contributed by atoms with E-state index in [2.05, 4.69) is 24.1 Å². The maximum absolute atomic E-state index is 11.9. The topological polar surface area (TPSA) is 68.0 Å². The predicted octanol–water partition coefficient (Wildman–Crippen LogP) is 1.49. The smallest absolute Gasteiger partial charge is 0.253 e. The van der Waals surface area contributed by atoms with E-state index in [0.29, 0.717) is 18.7 Å². The molecule has 1 aromatic heterocycles. The van der Waals surface area contributed by atoms with Crippen molar-refractivity contribution in [3.63, 3.8) is 0 Å². The second-order valence-corrected chi connectivity index (χ2v) is 5.02. The zero-order valence-corrected chi connectivity index (χ0v) is 10.8. The van der Waals surface area contributed by atoms with Gasteiger partial charge in [-0.3, -0.25) is 9.78 Å². The normalized spacial score (nSPS) is 11.3. The highest BCUT2D eigenvalue weighted by atomic mass is 16.1. The van der Waals surface area contributed by atoms with Crippen molar-refractivity contribution in [3.8, 4) is 0 Å². The van der Waals surface area contributed by atoms with Crippen LogP contribution in [0.2, 0.25) is 0 Å². The summed E-state index contributed by atoms with van der Waals surface area (Å²) in [6, 6.07) is 3.56. The van der Waals surface area contributed by atoms with E-state index in [1.165, 1.54) is 0 Å². The van der Waals surface area contributed by atoms with Crippen LogP contribution in [0.15, 0.2) is 18.3 Å². The highest BCUT2D eigenvalue weighted by Gasteiger charge is 2.18. The van der Waals surface area contributed by atoms with Gasteiger partial charge in [0.05, 0.1) is 5.56 Å². The first-order valence-corrected chi connectivity index (χ1v) is 5.86. The first-order chi connectivity index (χ1) is 7.96. The lowest BCUT2D eigenvalue weighted by atomic mass is 9.89. The third-order valence-electron chi connectivity index (χ3n) is 2.80. The molecule has 1 amide bonds. The quantitative estimate of drug-likeness (QED) is 0.812. The molecule has 0 fully saturated rings. The van der Waals surface area contributed by atoms with Crippen molar-refractivity contribution in [2.75, 3.05) is 13.1 Å². The second-order valence-electron chi connectivity index (χ2n) is 5.02. The van der Waals surface area contributed by atoms with Crippen molar-refractivity contribution in [1.82, 2.24) is 10.3 Å². The number of hydrogen-bond acceptors (Lipinski definition) is 3. The fourth-order valence-corrected chi connectivity index (χ4v) is 1.62. The number of nitrogens with one attached hydrogen (secondary N) is 1. The molecule has 0 aliphatic carbocycles. The van der Waals surface area contributed by atoms with Crippen LogP contribution < -0.4 is 11.1 Å². The number of nitrogens with two attached hydrogens (primary N) is 1. The Balaban J connectivity index is 2.59. The lowest BCUT2D eigenvalue weighted by Gasteiger charge is -2.24. The number of hydrogen-bond donors (Lipinski definition) is 2. The number of aromatic nitrogens is 1. The van der Waals surface area contributed by atoms with Crippen molar-refractivity contribution in [2.45, 2.75) is 27.2 Å². The maximum Gasteiger partial charge on any atom is 0.253 e. The summed E-state index contributed by atoms with van der Waals surface area (Å²) in [5.74, 6) is -0.0688. The largest absolute Gasteiger partial charge is 0.351 e. The van der Waals surface area contributed by atoms with Crippen LogP contribution in [0.3, 0.4) is 0 Å². The van der Waals surface area contributed by atoms with E-state index in [1.807, 2.05) is 6.92 Å². The third kappa shape index (κ3) is 4.15. The molecule has 1 heterocycles. The molecule has 0 unspecified atom stereocenters. The van der Waals surface area contributed by atoms with Gasteiger partial charge < -0.3 is 11.1 Å². The minimum Gasteiger partial charge on any atom is -0.351 e. The van der Waals surface area contributed by atoms with Crippen LogP contribution in [0.1, 0.15) is 36.3 Å². The molecule has 4 heteroatoms. The molecule has 1 aromatic rings.